The molecule has 0 spiro atoms. The standard InChI is InChI=1S/C7H10FNO3/c1-2-3-6(4-9-5-10)7(11)12-8/h6H,2-4H2,1H3. The molecule has 0 aromatic rings. The Bertz CT molecular complexity index is 189. The van der Waals surface area contributed by atoms with E-state index in [2.05, 4.69) is 9.93 Å². The molecule has 12 heavy (non-hydrogen) atoms. The summed E-state index contributed by atoms with van der Waals surface area (Å²) in [6.45, 7) is 1.78. The largest absolute Gasteiger partial charge is 0.353 e. The molecule has 0 aliphatic heterocycles. The maximum absolute atomic E-state index is 11.4. The molecule has 68 valence electrons. The molecular formula is C7H10FNO3. The second kappa shape index (κ2) is 6.49. The average Bonchev–Trinajstić information content (AvgIpc) is 2.11. The first-order valence-electron chi connectivity index (χ1n) is 3.62. The molecule has 0 fully saturated rings. The molecule has 0 bridgehead atoms. The van der Waals surface area contributed by atoms with Crippen LogP contribution in [0, 0.1) is 5.92 Å². The fraction of sp³-hybridized carbons (Fsp3) is 0.714. The number of aliphatic imine (C=N–C) groups is 1. The van der Waals surface area contributed by atoms with Crippen LogP contribution in [0.4, 0.5) is 4.53 Å². The Morgan fingerprint density at radius 1 is 1.75 bits per heavy atom. The van der Waals surface area contributed by atoms with Crippen molar-refractivity contribution in [2.24, 2.45) is 10.9 Å². The monoisotopic (exact) mass is 175 g/mol. The van der Waals surface area contributed by atoms with E-state index in [9.17, 15) is 14.1 Å². The molecule has 0 aromatic heterocycles. The maximum Gasteiger partial charge on any atom is 0.353 e. The van der Waals surface area contributed by atoms with Gasteiger partial charge in [-0.15, -0.1) is 0 Å². The molecule has 0 rings (SSSR count). The van der Waals surface area contributed by atoms with Crippen molar-refractivity contribution in [3.8, 4) is 0 Å². The van der Waals surface area contributed by atoms with Crippen molar-refractivity contribution in [1.82, 2.24) is 0 Å². The lowest BCUT2D eigenvalue weighted by Gasteiger charge is -2.05. The summed E-state index contributed by atoms with van der Waals surface area (Å²) >= 11 is 0. The van der Waals surface area contributed by atoms with Gasteiger partial charge in [-0.2, -0.15) is 0 Å². The lowest BCUT2D eigenvalue weighted by molar-refractivity contribution is -0.188. The molecule has 0 heterocycles. The fourth-order valence-electron chi connectivity index (χ4n) is 0.843. The van der Waals surface area contributed by atoms with Crippen LogP contribution in [-0.2, 0) is 14.5 Å². The summed E-state index contributed by atoms with van der Waals surface area (Å²) in [6.07, 6.45) is 2.44. The van der Waals surface area contributed by atoms with E-state index in [1.165, 1.54) is 6.08 Å². The van der Waals surface area contributed by atoms with E-state index in [0.717, 1.165) is 0 Å². The van der Waals surface area contributed by atoms with E-state index < -0.39 is 11.9 Å². The zero-order valence-corrected chi connectivity index (χ0v) is 6.75. The van der Waals surface area contributed by atoms with Crippen molar-refractivity contribution in [3.05, 3.63) is 0 Å². The Morgan fingerprint density at radius 3 is 2.83 bits per heavy atom. The summed E-state index contributed by atoms with van der Waals surface area (Å²) in [7, 11) is 0. The fourth-order valence-corrected chi connectivity index (χ4v) is 0.843. The summed E-state index contributed by atoms with van der Waals surface area (Å²) in [5.41, 5.74) is 0. The van der Waals surface area contributed by atoms with Crippen LogP contribution in [0.25, 0.3) is 0 Å². The second-order valence-electron chi connectivity index (χ2n) is 2.31. The second-order valence-corrected chi connectivity index (χ2v) is 2.31. The van der Waals surface area contributed by atoms with Gasteiger partial charge in [-0.3, -0.25) is 4.94 Å². The van der Waals surface area contributed by atoms with Crippen molar-refractivity contribution in [3.63, 3.8) is 0 Å². The van der Waals surface area contributed by atoms with Crippen molar-refractivity contribution in [2.45, 2.75) is 19.8 Å². The third-order valence-corrected chi connectivity index (χ3v) is 1.42. The van der Waals surface area contributed by atoms with Crippen molar-refractivity contribution >= 4 is 12.0 Å². The molecule has 5 heteroatoms. The summed E-state index contributed by atoms with van der Waals surface area (Å²) in [5.74, 6) is -1.64. The minimum atomic E-state index is -0.976. The summed E-state index contributed by atoms with van der Waals surface area (Å²) in [6, 6.07) is 0. The quantitative estimate of drug-likeness (QED) is 0.465. The van der Waals surface area contributed by atoms with E-state index in [4.69, 9.17) is 0 Å². The van der Waals surface area contributed by atoms with Gasteiger partial charge in [0.25, 0.3) is 0 Å². The molecule has 1 atom stereocenters. The topological polar surface area (TPSA) is 55.7 Å². The normalized spacial score (nSPS) is 11.5. The Hall–Kier alpha value is -1.22. The Kier molecular flexibility index (Phi) is 5.83. The van der Waals surface area contributed by atoms with E-state index in [1.807, 2.05) is 6.92 Å². The minimum Gasteiger partial charge on any atom is -0.255 e. The Morgan fingerprint density at radius 2 is 2.42 bits per heavy atom. The van der Waals surface area contributed by atoms with Crippen LogP contribution >= 0.6 is 0 Å². The molecule has 0 aliphatic rings. The number of rotatable bonds is 5. The predicted molar refractivity (Wildman–Crippen MR) is 38.6 cm³/mol. The van der Waals surface area contributed by atoms with Gasteiger partial charge in [-0.1, -0.05) is 13.3 Å². The smallest absolute Gasteiger partial charge is 0.255 e. The molecular weight excluding hydrogens is 165 g/mol. The summed E-state index contributed by atoms with van der Waals surface area (Å²) in [5, 5.41) is 0. The van der Waals surface area contributed by atoms with Crippen molar-refractivity contribution in [2.75, 3.05) is 6.54 Å². The maximum atomic E-state index is 11.4. The SMILES string of the molecule is CCCC(CN=C=O)C(=O)OF. The third kappa shape index (κ3) is 3.83. The number of carbonyl (C=O) groups is 1. The highest BCUT2D eigenvalue weighted by Crippen LogP contribution is 2.09. The first kappa shape index (κ1) is 10.8. The predicted octanol–water partition coefficient (Wildman–Crippen LogP) is 1.17. The Labute approximate surface area is 69.3 Å². The molecule has 0 radical (unpaired) electrons. The van der Waals surface area contributed by atoms with E-state index >= 15 is 0 Å². The molecule has 0 saturated heterocycles. The molecule has 0 aliphatic carbocycles. The van der Waals surface area contributed by atoms with Crippen LogP contribution in [0.5, 0.6) is 0 Å². The van der Waals surface area contributed by atoms with Gasteiger partial charge in [0.1, 0.15) is 0 Å². The number of halogens is 1. The van der Waals surface area contributed by atoms with Gasteiger partial charge in [0, 0.05) is 4.53 Å². The van der Waals surface area contributed by atoms with Crippen LogP contribution in [0.1, 0.15) is 19.8 Å². The van der Waals surface area contributed by atoms with E-state index in [1.54, 1.807) is 0 Å². The number of carbonyl (C=O) groups excluding carboxylic acids is 2. The lowest BCUT2D eigenvalue weighted by Crippen LogP contribution is -2.17. The lowest BCUT2D eigenvalue weighted by atomic mass is 10.0. The molecule has 0 saturated carbocycles. The Balaban J connectivity index is 4.01. The first-order valence-corrected chi connectivity index (χ1v) is 3.62. The molecule has 0 amide bonds. The van der Waals surface area contributed by atoms with Gasteiger partial charge >= 0.3 is 5.97 Å². The zero-order chi connectivity index (χ0) is 9.40. The number of isocyanates is 1. The van der Waals surface area contributed by atoms with E-state index in [-0.39, 0.29) is 6.54 Å². The first-order chi connectivity index (χ1) is 5.76. The van der Waals surface area contributed by atoms with Crippen molar-refractivity contribution < 1.29 is 19.1 Å². The summed E-state index contributed by atoms with van der Waals surface area (Å²) < 4.78 is 11.4. The van der Waals surface area contributed by atoms with Gasteiger partial charge < -0.3 is 0 Å². The number of hydrogen-bond acceptors (Lipinski definition) is 4. The average molecular weight is 175 g/mol. The molecule has 0 N–H and O–H groups in total. The molecule has 4 nitrogen and oxygen atoms in total. The molecule has 1 unspecified atom stereocenters. The van der Waals surface area contributed by atoms with Crippen LogP contribution in [0.2, 0.25) is 0 Å². The molecule has 0 aromatic carbocycles. The highest BCUT2D eigenvalue weighted by Gasteiger charge is 2.19. The van der Waals surface area contributed by atoms with Crippen LogP contribution in [-0.4, -0.2) is 18.6 Å². The van der Waals surface area contributed by atoms with Crippen LogP contribution in [0.15, 0.2) is 4.99 Å². The van der Waals surface area contributed by atoms with Gasteiger partial charge in [0.15, 0.2) is 0 Å². The highest BCUT2D eigenvalue weighted by atomic mass is 19.3. The van der Waals surface area contributed by atoms with Crippen molar-refractivity contribution in [1.29, 1.82) is 0 Å². The zero-order valence-electron chi connectivity index (χ0n) is 6.75. The van der Waals surface area contributed by atoms with Crippen LogP contribution < -0.4 is 0 Å². The van der Waals surface area contributed by atoms with Gasteiger partial charge in [-0.05, 0) is 6.42 Å². The van der Waals surface area contributed by atoms with Gasteiger partial charge in [0.2, 0.25) is 6.08 Å². The number of hydrogen-bond donors (Lipinski definition) is 0. The minimum absolute atomic E-state index is 0.0555. The third-order valence-electron chi connectivity index (χ3n) is 1.42. The highest BCUT2D eigenvalue weighted by molar-refractivity contribution is 5.72. The summed E-state index contributed by atoms with van der Waals surface area (Å²) in [4.78, 5) is 26.5. The van der Waals surface area contributed by atoms with E-state index in [0.29, 0.717) is 12.8 Å². The van der Waals surface area contributed by atoms with Gasteiger partial charge in [-0.25, -0.2) is 14.6 Å². The number of nitrogens with zero attached hydrogens (tertiary/aromatic N) is 1. The van der Waals surface area contributed by atoms with Crippen LogP contribution in [0.3, 0.4) is 0 Å². The van der Waals surface area contributed by atoms with Gasteiger partial charge in [0.05, 0.1) is 12.5 Å².